The van der Waals surface area contributed by atoms with E-state index in [-0.39, 0.29) is 5.41 Å². The number of aromatic hydroxyl groups is 1. The third-order valence-corrected chi connectivity index (χ3v) is 5.41. The maximum atomic E-state index is 10.8. The second kappa shape index (κ2) is 4.78. The Bertz CT molecular complexity index is 692. The summed E-state index contributed by atoms with van der Waals surface area (Å²) in [5.74, 6) is 1.82. The van der Waals surface area contributed by atoms with Crippen LogP contribution in [0.2, 0.25) is 0 Å². The molecule has 0 spiro atoms. The topological polar surface area (TPSA) is 50.7 Å². The van der Waals surface area contributed by atoms with E-state index in [1.54, 1.807) is 14.2 Å². The number of piperidine rings is 1. The number of methoxy groups -OCH3 is 2. The Hall–Kier alpha value is -1.94. The van der Waals surface area contributed by atoms with Gasteiger partial charge in [0.2, 0.25) is 0 Å². The number of hydrogen-bond acceptors (Lipinski definition) is 4. The average molecular weight is 299 g/mol. The third-order valence-electron chi connectivity index (χ3n) is 5.41. The fraction of sp³-hybridized carbons (Fsp3) is 0.444. The molecule has 2 N–H and O–H groups in total. The molecule has 3 aliphatic rings. The minimum Gasteiger partial charge on any atom is -0.504 e. The molecule has 1 aliphatic heterocycles. The summed E-state index contributed by atoms with van der Waals surface area (Å²) in [6.07, 6.45) is 6.93. The van der Waals surface area contributed by atoms with Gasteiger partial charge in [-0.25, -0.2) is 0 Å². The van der Waals surface area contributed by atoms with Crippen molar-refractivity contribution >= 4 is 0 Å². The number of nitrogens with one attached hydrogen (secondary N) is 1. The van der Waals surface area contributed by atoms with Crippen LogP contribution in [0.25, 0.3) is 0 Å². The van der Waals surface area contributed by atoms with Crippen molar-refractivity contribution in [2.75, 3.05) is 20.8 Å². The quantitative estimate of drug-likeness (QED) is 0.880. The summed E-state index contributed by atoms with van der Waals surface area (Å²) in [7, 11) is 3.32. The Morgan fingerprint density at radius 2 is 2.09 bits per heavy atom. The number of fused-ring (bicyclic) bond motifs is 1. The molecule has 2 unspecified atom stereocenters. The molecule has 1 fully saturated rings. The summed E-state index contributed by atoms with van der Waals surface area (Å²) >= 11 is 0. The number of hydrogen-bond donors (Lipinski definition) is 2. The van der Waals surface area contributed by atoms with E-state index in [4.69, 9.17) is 9.47 Å². The first-order valence-corrected chi connectivity index (χ1v) is 7.77. The summed E-state index contributed by atoms with van der Waals surface area (Å²) in [6.45, 7) is 0.953. The van der Waals surface area contributed by atoms with Gasteiger partial charge in [-0.05, 0) is 42.7 Å². The van der Waals surface area contributed by atoms with Crippen LogP contribution in [0.4, 0.5) is 0 Å². The number of benzene rings is 1. The van der Waals surface area contributed by atoms with Gasteiger partial charge in [-0.2, -0.15) is 0 Å². The molecule has 116 valence electrons. The van der Waals surface area contributed by atoms with Crippen LogP contribution in [-0.2, 0) is 16.6 Å². The number of allylic oxidation sites excluding steroid dienone is 3. The summed E-state index contributed by atoms with van der Waals surface area (Å²) in [5.41, 5.74) is 3.46. The lowest BCUT2D eigenvalue weighted by Crippen LogP contribution is -2.54. The highest BCUT2D eigenvalue weighted by Crippen LogP contribution is 2.55. The van der Waals surface area contributed by atoms with Crippen molar-refractivity contribution < 1.29 is 14.6 Å². The SMILES string of the molecule is COC1=CC=C2C3Cc4ccc(OC)c(O)c4C2(CCN3)C1. The van der Waals surface area contributed by atoms with Crippen LogP contribution in [0, 0.1) is 0 Å². The third kappa shape index (κ3) is 1.67. The lowest BCUT2D eigenvalue weighted by atomic mass is 9.58. The van der Waals surface area contributed by atoms with E-state index in [0.717, 1.165) is 37.1 Å². The van der Waals surface area contributed by atoms with Crippen molar-refractivity contribution in [3.8, 4) is 11.5 Å². The molecule has 1 heterocycles. The first kappa shape index (κ1) is 13.7. The highest BCUT2D eigenvalue weighted by atomic mass is 16.5. The number of phenolic OH excluding ortho intramolecular Hbond substituents is 1. The minimum absolute atomic E-state index is 0.164. The predicted octanol–water partition coefficient (Wildman–Crippen LogP) is 2.42. The predicted molar refractivity (Wildman–Crippen MR) is 84.2 cm³/mol. The molecule has 0 aromatic heterocycles. The largest absolute Gasteiger partial charge is 0.504 e. The molecule has 2 aliphatic carbocycles. The van der Waals surface area contributed by atoms with Crippen LogP contribution in [0.3, 0.4) is 0 Å². The van der Waals surface area contributed by atoms with Gasteiger partial charge in [0.25, 0.3) is 0 Å². The maximum Gasteiger partial charge on any atom is 0.162 e. The van der Waals surface area contributed by atoms with Gasteiger partial charge in [0.15, 0.2) is 11.5 Å². The van der Waals surface area contributed by atoms with Crippen LogP contribution in [0.5, 0.6) is 11.5 Å². The zero-order valence-electron chi connectivity index (χ0n) is 13.0. The van der Waals surface area contributed by atoms with E-state index in [1.165, 1.54) is 11.1 Å². The first-order chi connectivity index (χ1) is 10.7. The van der Waals surface area contributed by atoms with E-state index in [1.807, 2.05) is 6.07 Å². The van der Waals surface area contributed by atoms with Crippen LogP contribution in [0.15, 0.2) is 35.6 Å². The molecule has 2 bridgehead atoms. The molecule has 2 atom stereocenters. The molecule has 4 nitrogen and oxygen atoms in total. The summed E-state index contributed by atoms with van der Waals surface area (Å²) in [6, 6.07) is 4.31. The van der Waals surface area contributed by atoms with Crippen molar-refractivity contribution in [2.24, 2.45) is 0 Å². The fourth-order valence-corrected chi connectivity index (χ4v) is 4.44. The molecule has 0 saturated carbocycles. The van der Waals surface area contributed by atoms with Crippen LogP contribution < -0.4 is 10.1 Å². The van der Waals surface area contributed by atoms with Crippen molar-refractivity contribution in [3.63, 3.8) is 0 Å². The summed E-state index contributed by atoms with van der Waals surface area (Å²) < 4.78 is 10.9. The Kier molecular flexibility index (Phi) is 2.98. The zero-order chi connectivity index (χ0) is 15.3. The molecular weight excluding hydrogens is 278 g/mol. The van der Waals surface area contributed by atoms with Crippen molar-refractivity contribution in [1.29, 1.82) is 0 Å². The van der Waals surface area contributed by atoms with Gasteiger partial charge in [-0.3, -0.25) is 0 Å². The lowest BCUT2D eigenvalue weighted by Gasteiger charge is -2.51. The molecule has 1 aromatic carbocycles. The zero-order valence-corrected chi connectivity index (χ0v) is 13.0. The van der Waals surface area contributed by atoms with E-state index >= 15 is 0 Å². The molecule has 1 aromatic rings. The lowest BCUT2D eigenvalue weighted by molar-refractivity contribution is 0.222. The second-order valence-corrected chi connectivity index (χ2v) is 6.33. The first-order valence-electron chi connectivity index (χ1n) is 7.77. The van der Waals surface area contributed by atoms with E-state index in [0.29, 0.717) is 17.5 Å². The average Bonchev–Trinajstić information content (AvgIpc) is 2.53. The Morgan fingerprint density at radius 3 is 2.86 bits per heavy atom. The number of rotatable bonds is 2. The van der Waals surface area contributed by atoms with Crippen LogP contribution >= 0.6 is 0 Å². The molecule has 0 amide bonds. The minimum atomic E-state index is -0.164. The molecule has 22 heavy (non-hydrogen) atoms. The Balaban J connectivity index is 1.97. The van der Waals surface area contributed by atoms with Gasteiger partial charge in [0.05, 0.1) is 20.0 Å². The maximum absolute atomic E-state index is 10.8. The number of ether oxygens (including phenoxy) is 2. The van der Waals surface area contributed by atoms with Gasteiger partial charge in [0, 0.05) is 23.4 Å². The van der Waals surface area contributed by atoms with Crippen molar-refractivity contribution in [3.05, 3.63) is 46.7 Å². The van der Waals surface area contributed by atoms with Gasteiger partial charge in [-0.1, -0.05) is 12.1 Å². The van der Waals surface area contributed by atoms with Crippen LogP contribution in [0.1, 0.15) is 24.0 Å². The van der Waals surface area contributed by atoms with Gasteiger partial charge < -0.3 is 19.9 Å². The van der Waals surface area contributed by atoms with Crippen LogP contribution in [-0.4, -0.2) is 31.9 Å². The molecule has 0 radical (unpaired) electrons. The number of phenols is 1. The smallest absolute Gasteiger partial charge is 0.162 e. The monoisotopic (exact) mass is 299 g/mol. The molecule has 4 rings (SSSR count). The van der Waals surface area contributed by atoms with E-state index in [2.05, 4.69) is 23.5 Å². The molecular formula is C18H21NO3. The second-order valence-electron chi connectivity index (χ2n) is 6.33. The normalized spacial score (nSPS) is 28.9. The van der Waals surface area contributed by atoms with Gasteiger partial charge >= 0.3 is 0 Å². The summed E-state index contributed by atoms with van der Waals surface area (Å²) in [4.78, 5) is 0. The van der Waals surface area contributed by atoms with Crippen molar-refractivity contribution in [2.45, 2.75) is 30.7 Å². The highest BCUT2D eigenvalue weighted by molar-refractivity contribution is 5.62. The van der Waals surface area contributed by atoms with Crippen molar-refractivity contribution in [1.82, 2.24) is 5.32 Å². The van der Waals surface area contributed by atoms with Gasteiger partial charge in [-0.15, -0.1) is 0 Å². The fourth-order valence-electron chi connectivity index (χ4n) is 4.44. The van der Waals surface area contributed by atoms with Gasteiger partial charge in [0.1, 0.15) is 0 Å². The van der Waals surface area contributed by atoms with E-state index < -0.39 is 0 Å². The Labute approximate surface area is 130 Å². The highest BCUT2D eigenvalue weighted by Gasteiger charge is 2.50. The Morgan fingerprint density at radius 1 is 1.23 bits per heavy atom. The molecule has 4 heteroatoms. The summed E-state index contributed by atoms with van der Waals surface area (Å²) in [5, 5.41) is 14.4. The standard InChI is InChI=1S/C18H21NO3/c1-21-12-4-5-13-14-9-11-3-6-15(22-2)17(20)16(11)18(13,10-12)7-8-19-14/h3-6,14,19-20H,7-10H2,1-2H3. The molecule has 1 saturated heterocycles. The van der Waals surface area contributed by atoms with E-state index in [9.17, 15) is 5.11 Å².